The van der Waals surface area contributed by atoms with Gasteiger partial charge in [-0.15, -0.1) is 11.3 Å². The maximum Gasteiger partial charge on any atom is 0.0285 e. The van der Waals surface area contributed by atoms with Crippen molar-refractivity contribution >= 4 is 27.3 Å². The first kappa shape index (κ1) is 14.2. The van der Waals surface area contributed by atoms with Gasteiger partial charge < -0.3 is 5.32 Å². The van der Waals surface area contributed by atoms with Gasteiger partial charge in [0.25, 0.3) is 0 Å². The number of hydrogen-bond donors (Lipinski definition) is 1. The Morgan fingerprint density at radius 2 is 2.06 bits per heavy atom. The summed E-state index contributed by atoms with van der Waals surface area (Å²) < 4.78 is 1.21. The van der Waals surface area contributed by atoms with E-state index < -0.39 is 0 Å². The summed E-state index contributed by atoms with van der Waals surface area (Å²) in [5.74, 6) is 1.43. The van der Waals surface area contributed by atoms with Crippen LogP contribution in [0.25, 0.3) is 0 Å². The molecule has 16 heavy (non-hydrogen) atoms. The zero-order chi connectivity index (χ0) is 12.1. The minimum atomic E-state index is 0.589. The number of hydrogen-bond acceptors (Lipinski definition) is 2. The van der Waals surface area contributed by atoms with E-state index in [1.807, 2.05) is 11.3 Å². The molecule has 0 fully saturated rings. The predicted molar refractivity (Wildman–Crippen MR) is 77.2 cm³/mol. The van der Waals surface area contributed by atoms with E-state index in [-0.39, 0.29) is 0 Å². The van der Waals surface area contributed by atoms with E-state index in [0.717, 1.165) is 12.5 Å². The third-order valence-corrected chi connectivity index (χ3v) is 4.80. The van der Waals surface area contributed by atoms with Gasteiger partial charge in [-0.2, -0.15) is 0 Å². The maximum atomic E-state index is 3.55. The van der Waals surface area contributed by atoms with Crippen molar-refractivity contribution in [3.8, 4) is 0 Å². The van der Waals surface area contributed by atoms with Crippen molar-refractivity contribution in [2.24, 2.45) is 11.8 Å². The SMILES string of the molecule is CCNC(C)C(Cc1cc(Br)cs1)C(C)C. The van der Waals surface area contributed by atoms with Crippen LogP contribution >= 0.6 is 27.3 Å². The van der Waals surface area contributed by atoms with Crippen molar-refractivity contribution < 1.29 is 0 Å². The Hall–Kier alpha value is 0.140. The van der Waals surface area contributed by atoms with Gasteiger partial charge in [0.15, 0.2) is 0 Å². The van der Waals surface area contributed by atoms with E-state index in [4.69, 9.17) is 0 Å². The van der Waals surface area contributed by atoms with Crippen LogP contribution in [0.15, 0.2) is 15.9 Å². The Balaban J connectivity index is 2.64. The molecule has 0 radical (unpaired) electrons. The smallest absolute Gasteiger partial charge is 0.0285 e. The Labute approximate surface area is 112 Å². The number of rotatable bonds is 6. The average Bonchev–Trinajstić information content (AvgIpc) is 2.60. The van der Waals surface area contributed by atoms with Gasteiger partial charge in [0.1, 0.15) is 0 Å². The molecule has 0 aliphatic carbocycles. The lowest BCUT2D eigenvalue weighted by Gasteiger charge is -2.27. The van der Waals surface area contributed by atoms with Crippen molar-refractivity contribution in [2.45, 2.75) is 40.2 Å². The summed E-state index contributed by atoms with van der Waals surface area (Å²) in [6.45, 7) is 10.2. The standard InChI is InChI=1S/C13H22BrNS/c1-5-15-10(4)13(9(2)3)7-12-6-11(14)8-16-12/h6,8-10,13,15H,5,7H2,1-4H3. The van der Waals surface area contributed by atoms with Crippen LogP contribution in [-0.4, -0.2) is 12.6 Å². The second-order valence-corrected chi connectivity index (χ2v) is 6.60. The summed E-state index contributed by atoms with van der Waals surface area (Å²) in [6.07, 6.45) is 1.18. The third kappa shape index (κ3) is 4.19. The molecule has 0 spiro atoms. The van der Waals surface area contributed by atoms with E-state index >= 15 is 0 Å². The Morgan fingerprint density at radius 1 is 1.38 bits per heavy atom. The Bertz CT molecular complexity index is 309. The minimum Gasteiger partial charge on any atom is -0.314 e. The lowest BCUT2D eigenvalue weighted by atomic mass is 9.86. The van der Waals surface area contributed by atoms with E-state index in [0.29, 0.717) is 12.0 Å². The molecule has 2 unspecified atom stereocenters. The van der Waals surface area contributed by atoms with Gasteiger partial charge in [-0.1, -0.05) is 20.8 Å². The van der Waals surface area contributed by atoms with Crippen LogP contribution in [0.4, 0.5) is 0 Å². The van der Waals surface area contributed by atoms with Crippen LogP contribution in [0.5, 0.6) is 0 Å². The first-order chi connectivity index (χ1) is 7.54. The molecule has 1 heterocycles. The summed E-state index contributed by atoms with van der Waals surface area (Å²) in [5, 5.41) is 5.72. The van der Waals surface area contributed by atoms with Crippen molar-refractivity contribution in [1.82, 2.24) is 5.32 Å². The molecule has 1 N–H and O–H groups in total. The predicted octanol–water partition coefficient (Wildman–Crippen LogP) is 4.32. The third-order valence-electron chi connectivity index (χ3n) is 3.08. The van der Waals surface area contributed by atoms with Crippen LogP contribution in [0.3, 0.4) is 0 Å². The van der Waals surface area contributed by atoms with Crippen molar-refractivity contribution in [3.05, 3.63) is 20.8 Å². The first-order valence-corrected chi connectivity index (χ1v) is 7.68. The lowest BCUT2D eigenvalue weighted by molar-refractivity contribution is 0.293. The van der Waals surface area contributed by atoms with Crippen molar-refractivity contribution in [3.63, 3.8) is 0 Å². The zero-order valence-corrected chi connectivity index (χ0v) is 13.0. The number of nitrogens with one attached hydrogen (secondary N) is 1. The molecule has 0 amide bonds. The normalized spacial score (nSPS) is 15.4. The molecule has 1 aromatic heterocycles. The molecule has 0 aromatic carbocycles. The van der Waals surface area contributed by atoms with Crippen molar-refractivity contribution in [2.75, 3.05) is 6.54 Å². The quantitative estimate of drug-likeness (QED) is 0.825. The second kappa shape index (κ2) is 6.77. The molecule has 0 bridgehead atoms. The zero-order valence-electron chi connectivity index (χ0n) is 10.6. The minimum absolute atomic E-state index is 0.589. The molecular weight excluding hydrogens is 282 g/mol. The molecule has 3 heteroatoms. The summed E-state index contributed by atoms with van der Waals surface area (Å²) >= 11 is 5.38. The number of thiophene rings is 1. The van der Waals surface area contributed by atoms with Crippen LogP contribution in [0.1, 0.15) is 32.6 Å². The molecule has 92 valence electrons. The largest absolute Gasteiger partial charge is 0.314 e. The van der Waals surface area contributed by atoms with Gasteiger partial charge in [-0.3, -0.25) is 0 Å². The van der Waals surface area contributed by atoms with Gasteiger partial charge >= 0.3 is 0 Å². The van der Waals surface area contributed by atoms with E-state index in [1.165, 1.54) is 15.8 Å². The highest BCUT2D eigenvalue weighted by atomic mass is 79.9. The van der Waals surface area contributed by atoms with E-state index in [1.54, 1.807) is 0 Å². The summed E-state index contributed by atoms with van der Waals surface area (Å²) in [4.78, 5) is 1.48. The topological polar surface area (TPSA) is 12.0 Å². The molecule has 0 saturated carbocycles. The molecular formula is C13H22BrNS. The molecule has 0 aliphatic heterocycles. The van der Waals surface area contributed by atoms with Crippen LogP contribution < -0.4 is 5.32 Å². The second-order valence-electron chi connectivity index (χ2n) is 4.69. The summed E-state index contributed by atoms with van der Waals surface area (Å²) in [6, 6.07) is 2.84. The fourth-order valence-electron chi connectivity index (χ4n) is 2.16. The van der Waals surface area contributed by atoms with E-state index in [2.05, 4.69) is 60.4 Å². The fraction of sp³-hybridized carbons (Fsp3) is 0.692. The van der Waals surface area contributed by atoms with E-state index in [9.17, 15) is 0 Å². The van der Waals surface area contributed by atoms with Gasteiger partial charge in [0.2, 0.25) is 0 Å². The summed E-state index contributed by atoms with van der Waals surface area (Å²) in [7, 11) is 0. The van der Waals surface area contributed by atoms with Crippen LogP contribution in [0, 0.1) is 11.8 Å². The lowest BCUT2D eigenvalue weighted by Crippen LogP contribution is -2.37. The van der Waals surface area contributed by atoms with Gasteiger partial charge in [-0.25, -0.2) is 0 Å². The number of halogens is 1. The van der Waals surface area contributed by atoms with Gasteiger partial charge in [0, 0.05) is 20.8 Å². The molecule has 1 rings (SSSR count). The highest BCUT2D eigenvalue weighted by Crippen LogP contribution is 2.26. The molecule has 0 saturated heterocycles. The van der Waals surface area contributed by atoms with Crippen LogP contribution in [0.2, 0.25) is 0 Å². The first-order valence-electron chi connectivity index (χ1n) is 6.00. The fourth-order valence-corrected chi connectivity index (χ4v) is 3.68. The molecule has 1 aromatic rings. The Kier molecular flexibility index (Phi) is 6.01. The highest BCUT2D eigenvalue weighted by Gasteiger charge is 2.21. The maximum absolute atomic E-state index is 3.55. The molecule has 0 aliphatic rings. The summed E-state index contributed by atoms with van der Waals surface area (Å²) in [5.41, 5.74) is 0. The van der Waals surface area contributed by atoms with Crippen LogP contribution in [-0.2, 0) is 6.42 Å². The van der Waals surface area contributed by atoms with Crippen molar-refractivity contribution in [1.29, 1.82) is 0 Å². The average molecular weight is 304 g/mol. The van der Waals surface area contributed by atoms with Gasteiger partial charge in [-0.05, 0) is 53.7 Å². The Morgan fingerprint density at radius 3 is 2.50 bits per heavy atom. The molecule has 1 nitrogen and oxygen atoms in total. The highest BCUT2D eigenvalue weighted by molar-refractivity contribution is 9.10. The monoisotopic (exact) mass is 303 g/mol. The molecule has 2 atom stereocenters. The van der Waals surface area contributed by atoms with Gasteiger partial charge in [0.05, 0.1) is 0 Å².